The number of carbonyl (C=O) groups is 5. The second-order valence-corrected chi connectivity index (χ2v) is 6.73. The highest BCUT2D eigenvalue weighted by Crippen LogP contribution is 2.04. The fourth-order valence-corrected chi connectivity index (χ4v) is 2.32. The van der Waals surface area contributed by atoms with Crippen molar-refractivity contribution in [2.24, 2.45) is 5.73 Å². The van der Waals surface area contributed by atoms with Gasteiger partial charge >= 0.3 is 0 Å². The summed E-state index contributed by atoms with van der Waals surface area (Å²) in [5.74, 6) is -1.65. The second-order valence-electron chi connectivity index (χ2n) is 6.73. The van der Waals surface area contributed by atoms with Crippen molar-refractivity contribution in [3.05, 3.63) is 0 Å². The van der Waals surface area contributed by atoms with E-state index in [-0.39, 0.29) is 62.9 Å². The lowest BCUT2D eigenvalue weighted by Crippen LogP contribution is -2.52. The van der Waals surface area contributed by atoms with Crippen LogP contribution in [0.3, 0.4) is 0 Å². The van der Waals surface area contributed by atoms with Gasteiger partial charge in [-0.25, -0.2) is 0 Å². The summed E-state index contributed by atoms with van der Waals surface area (Å²) in [5.41, 5.74) is 5.28. The van der Waals surface area contributed by atoms with Crippen LogP contribution in [-0.4, -0.2) is 74.2 Å². The van der Waals surface area contributed by atoms with E-state index in [9.17, 15) is 24.0 Å². The van der Waals surface area contributed by atoms with E-state index in [4.69, 9.17) is 15.2 Å². The van der Waals surface area contributed by atoms with Crippen LogP contribution in [0.25, 0.3) is 0 Å². The Morgan fingerprint density at radius 1 is 0.793 bits per heavy atom. The van der Waals surface area contributed by atoms with Crippen molar-refractivity contribution in [1.29, 1.82) is 0 Å². The number of carbonyl (C=O) groups excluding carboxylic acids is 5. The van der Waals surface area contributed by atoms with Crippen LogP contribution in [0.15, 0.2) is 0 Å². The van der Waals surface area contributed by atoms with Crippen LogP contribution < -0.4 is 16.4 Å². The normalized spacial score (nSPS) is 12.7. The van der Waals surface area contributed by atoms with Crippen molar-refractivity contribution in [2.45, 2.75) is 58.5 Å². The molecular formula is C19H33N3O7. The molecule has 10 nitrogen and oxygen atoms in total. The van der Waals surface area contributed by atoms with Gasteiger partial charge in [-0.15, -0.1) is 0 Å². The van der Waals surface area contributed by atoms with E-state index in [1.54, 1.807) is 0 Å². The van der Waals surface area contributed by atoms with Crippen molar-refractivity contribution in [1.82, 2.24) is 10.6 Å². The molecule has 29 heavy (non-hydrogen) atoms. The van der Waals surface area contributed by atoms with Crippen LogP contribution in [0.2, 0.25) is 0 Å². The highest BCUT2D eigenvalue weighted by atomic mass is 16.5. The number of Topliss-reactive ketones (excluding diaryl/α,β-unsaturated/α-hetero) is 3. The molecule has 0 spiro atoms. The lowest BCUT2D eigenvalue weighted by atomic mass is 10.0. The Bertz CT molecular complexity index is 566. The number of ether oxygens (including phenoxy) is 2. The molecule has 0 bridgehead atoms. The van der Waals surface area contributed by atoms with Crippen LogP contribution in [0.1, 0.15) is 46.5 Å². The molecule has 2 atom stereocenters. The summed E-state index contributed by atoms with van der Waals surface area (Å²) < 4.78 is 10.3. The van der Waals surface area contributed by atoms with Gasteiger partial charge in [-0.3, -0.25) is 14.4 Å². The average molecular weight is 415 g/mol. The number of amides is 2. The molecule has 0 aliphatic heterocycles. The van der Waals surface area contributed by atoms with E-state index in [1.807, 2.05) is 0 Å². The summed E-state index contributed by atoms with van der Waals surface area (Å²) in [6.07, 6.45) is 0.499. The number of hydrogen-bond donors (Lipinski definition) is 3. The molecule has 4 N–H and O–H groups in total. The molecule has 0 rings (SSSR count). The Hall–Kier alpha value is -2.17. The van der Waals surface area contributed by atoms with Gasteiger partial charge in [0.2, 0.25) is 11.8 Å². The molecule has 2 unspecified atom stereocenters. The summed E-state index contributed by atoms with van der Waals surface area (Å²) in [6.45, 7) is 5.07. The third-order valence-corrected chi connectivity index (χ3v) is 3.90. The fourth-order valence-electron chi connectivity index (χ4n) is 2.32. The molecule has 0 radical (unpaired) electrons. The first kappa shape index (κ1) is 26.8. The SMILES string of the molecule is CC(=O)CCC(NC(=O)C(CCC(C)=O)NC(=O)COCCOCCN)C(C)=O. The monoisotopic (exact) mass is 415 g/mol. The first-order valence-corrected chi connectivity index (χ1v) is 9.62. The van der Waals surface area contributed by atoms with Crippen molar-refractivity contribution in [3.63, 3.8) is 0 Å². The predicted octanol–water partition coefficient (Wildman–Crippen LogP) is -0.725. The molecule has 166 valence electrons. The van der Waals surface area contributed by atoms with Crippen LogP contribution in [-0.2, 0) is 33.4 Å². The maximum Gasteiger partial charge on any atom is 0.246 e. The Kier molecular flexibility index (Phi) is 14.5. The molecule has 0 aliphatic rings. The minimum absolute atomic E-state index is 0.0872. The minimum Gasteiger partial charge on any atom is -0.378 e. The van der Waals surface area contributed by atoms with Crippen molar-refractivity contribution < 1.29 is 33.4 Å². The van der Waals surface area contributed by atoms with Gasteiger partial charge in [-0.2, -0.15) is 0 Å². The zero-order valence-electron chi connectivity index (χ0n) is 17.5. The maximum atomic E-state index is 12.6. The van der Waals surface area contributed by atoms with Gasteiger partial charge in [0.05, 0.1) is 25.9 Å². The Morgan fingerprint density at radius 3 is 1.86 bits per heavy atom. The van der Waals surface area contributed by atoms with Gasteiger partial charge in [-0.05, 0) is 33.6 Å². The Morgan fingerprint density at radius 2 is 1.34 bits per heavy atom. The van der Waals surface area contributed by atoms with E-state index >= 15 is 0 Å². The van der Waals surface area contributed by atoms with E-state index in [2.05, 4.69) is 10.6 Å². The molecule has 0 aromatic heterocycles. The van der Waals surface area contributed by atoms with E-state index < -0.39 is 23.9 Å². The highest BCUT2D eigenvalue weighted by Gasteiger charge is 2.25. The summed E-state index contributed by atoms with van der Waals surface area (Å²) in [5, 5.41) is 5.07. The molecule has 0 aromatic carbocycles. The number of nitrogens with two attached hydrogens (primary N) is 1. The standard InChI is InChI=1S/C19H33N3O7/c1-13(23)4-6-16(15(3)25)22-19(27)17(7-5-14(2)24)21-18(26)12-29-11-10-28-9-8-20/h16-17H,4-12,20H2,1-3H3,(H,21,26)(H,22,27). The zero-order chi connectivity index (χ0) is 22.2. The van der Waals surface area contributed by atoms with Crippen LogP contribution in [0.5, 0.6) is 0 Å². The summed E-state index contributed by atoms with van der Waals surface area (Å²) in [4.78, 5) is 58.8. The molecule has 2 amide bonds. The summed E-state index contributed by atoms with van der Waals surface area (Å²) >= 11 is 0. The zero-order valence-corrected chi connectivity index (χ0v) is 17.5. The lowest BCUT2D eigenvalue weighted by Gasteiger charge is -2.22. The third-order valence-electron chi connectivity index (χ3n) is 3.90. The Balaban J connectivity index is 4.72. The lowest BCUT2D eigenvalue weighted by molar-refractivity contribution is -0.133. The first-order chi connectivity index (χ1) is 13.7. The van der Waals surface area contributed by atoms with Crippen LogP contribution >= 0.6 is 0 Å². The summed E-state index contributed by atoms with van der Waals surface area (Å²) in [6, 6.07) is -1.83. The molecule has 0 saturated carbocycles. The van der Waals surface area contributed by atoms with Gasteiger partial charge in [0.1, 0.15) is 24.2 Å². The maximum absolute atomic E-state index is 12.6. The smallest absolute Gasteiger partial charge is 0.246 e. The van der Waals surface area contributed by atoms with Gasteiger partial charge in [0, 0.05) is 19.4 Å². The number of nitrogens with one attached hydrogen (secondary N) is 2. The van der Waals surface area contributed by atoms with Crippen LogP contribution in [0.4, 0.5) is 0 Å². The van der Waals surface area contributed by atoms with Gasteiger partial charge in [0.15, 0.2) is 5.78 Å². The molecule has 0 aromatic rings. The fraction of sp³-hybridized carbons (Fsp3) is 0.737. The number of hydrogen-bond acceptors (Lipinski definition) is 8. The molecule has 0 aliphatic carbocycles. The molecule has 0 heterocycles. The Labute approximate surface area is 171 Å². The molecule has 10 heteroatoms. The predicted molar refractivity (Wildman–Crippen MR) is 105 cm³/mol. The first-order valence-electron chi connectivity index (χ1n) is 9.62. The average Bonchev–Trinajstić information content (AvgIpc) is 2.64. The second kappa shape index (κ2) is 15.7. The molecule has 0 saturated heterocycles. The van der Waals surface area contributed by atoms with Gasteiger partial charge < -0.3 is 35.4 Å². The molecule has 0 fully saturated rings. The van der Waals surface area contributed by atoms with Crippen LogP contribution in [0, 0.1) is 0 Å². The molecular weight excluding hydrogens is 382 g/mol. The quantitative estimate of drug-likeness (QED) is 0.263. The number of ketones is 3. The van der Waals surface area contributed by atoms with Crippen molar-refractivity contribution in [3.8, 4) is 0 Å². The largest absolute Gasteiger partial charge is 0.378 e. The number of rotatable bonds is 17. The van der Waals surface area contributed by atoms with E-state index in [0.717, 1.165) is 0 Å². The highest BCUT2D eigenvalue weighted by molar-refractivity contribution is 5.92. The third kappa shape index (κ3) is 14.5. The topological polar surface area (TPSA) is 154 Å². The van der Waals surface area contributed by atoms with E-state index in [1.165, 1.54) is 20.8 Å². The van der Waals surface area contributed by atoms with Gasteiger partial charge in [0.25, 0.3) is 0 Å². The van der Waals surface area contributed by atoms with Crippen molar-refractivity contribution >= 4 is 29.2 Å². The van der Waals surface area contributed by atoms with E-state index in [0.29, 0.717) is 13.2 Å². The van der Waals surface area contributed by atoms with Gasteiger partial charge in [-0.1, -0.05) is 0 Å². The summed E-state index contributed by atoms with van der Waals surface area (Å²) in [7, 11) is 0. The minimum atomic E-state index is -0.998. The van der Waals surface area contributed by atoms with Crippen molar-refractivity contribution in [2.75, 3.05) is 33.0 Å².